The summed E-state index contributed by atoms with van der Waals surface area (Å²) >= 11 is 0. The molecule has 0 aliphatic rings. The molecular weight excluding hydrogens is 174 g/mol. The Balaban J connectivity index is 3.20. The molecule has 0 fully saturated rings. The molecule has 1 rings (SSSR count). The smallest absolute Gasteiger partial charge is 0.310 e. The summed E-state index contributed by atoms with van der Waals surface area (Å²) in [4.78, 5) is 9.55. The number of aromatic hydroxyl groups is 1. The summed E-state index contributed by atoms with van der Waals surface area (Å²) in [6.07, 6.45) is 0. The third-order valence-corrected chi connectivity index (χ3v) is 1.48. The molecule has 0 bridgehead atoms. The lowest BCUT2D eigenvalue weighted by molar-refractivity contribution is -0.385. The van der Waals surface area contributed by atoms with Crippen LogP contribution in [0.5, 0.6) is 5.75 Å². The number of nitro groups is 1. The maximum Gasteiger partial charge on any atom is 0.310 e. The molecule has 0 amide bonds. The Morgan fingerprint density at radius 3 is 2.62 bits per heavy atom. The third-order valence-electron chi connectivity index (χ3n) is 1.48. The maximum absolute atomic E-state index is 10.3. The molecule has 1 aromatic carbocycles. The lowest BCUT2D eigenvalue weighted by Crippen LogP contribution is -2.10. The summed E-state index contributed by atoms with van der Waals surface area (Å²) in [7, 11) is 0. The number of hydrogen-bond acceptors (Lipinski definition) is 4. The lowest BCUT2D eigenvalue weighted by atomic mass is 10.2. The molecule has 0 atom stereocenters. The van der Waals surface area contributed by atoms with Crippen molar-refractivity contribution in [3.63, 3.8) is 0 Å². The molecule has 6 heteroatoms. The fourth-order valence-corrected chi connectivity index (χ4v) is 0.845. The number of phenols is 1. The average molecular weight is 181 g/mol. The molecule has 4 N–H and O–H groups in total. The number of phenolic OH excluding ortho intramolecular Hbond substituents is 1. The highest BCUT2D eigenvalue weighted by atomic mass is 16.6. The van der Waals surface area contributed by atoms with Gasteiger partial charge < -0.3 is 10.8 Å². The molecule has 0 saturated carbocycles. The first kappa shape index (κ1) is 8.98. The Kier molecular flexibility index (Phi) is 2.14. The Morgan fingerprint density at radius 2 is 2.23 bits per heavy atom. The first-order valence-corrected chi connectivity index (χ1v) is 3.34. The van der Waals surface area contributed by atoms with E-state index < -0.39 is 16.4 Å². The van der Waals surface area contributed by atoms with Gasteiger partial charge in [-0.25, -0.2) is 0 Å². The van der Waals surface area contributed by atoms with Crippen LogP contribution in [0, 0.1) is 15.5 Å². The number of nitrogens with one attached hydrogen (secondary N) is 1. The first-order chi connectivity index (χ1) is 6.02. The van der Waals surface area contributed by atoms with E-state index in [0.717, 1.165) is 12.1 Å². The van der Waals surface area contributed by atoms with E-state index in [9.17, 15) is 10.1 Å². The highest BCUT2D eigenvalue weighted by molar-refractivity contribution is 5.95. The van der Waals surface area contributed by atoms with Crippen LogP contribution in [0.2, 0.25) is 0 Å². The van der Waals surface area contributed by atoms with Crippen molar-refractivity contribution < 1.29 is 10.0 Å². The second-order valence-electron chi connectivity index (χ2n) is 2.37. The predicted molar refractivity (Wildman–Crippen MR) is 45.8 cm³/mol. The standard InChI is InChI=1S/C7H7N3O3/c8-7(9)4-1-2-5(10(12)13)6(11)3-4/h1-3,11H,(H3,8,9). The summed E-state index contributed by atoms with van der Waals surface area (Å²) < 4.78 is 0. The number of amidine groups is 1. The Hall–Kier alpha value is -2.11. The molecule has 0 aliphatic carbocycles. The van der Waals surface area contributed by atoms with Crippen LogP contribution in [-0.2, 0) is 0 Å². The van der Waals surface area contributed by atoms with E-state index in [4.69, 9.17) is 16.2 Å². The first-order valence-electron chi connectivity index (χ1n) is 3.34. The van der Waals surface area contributed by atoms with Crippen molar-refractivity contribution in [3.8, 4) is 5.75 Å². The number of nitrogen functional groups attached to an aromatic ring is 1. The molecule has 68 valence electrons. The van der Waals surface area contributed by atoms with Gasteiger partial charge in [-0.3, -0.25) is 15.5 Å². The van der Waals surface area contributed by atoms with Crippen LogP contribution < -0.4 is 5.73 Å². The van der Waals surface area contributed by atoms with Crippen molar-refractivity contribution >= 4 is 11.5 Å². The SMILES string of the molecule is N=C(N)c1ccc([N+](=O)[O-])c(O)c1. The van der Waals surface area contributed by atoms with Crippen molar-refractivity contribution in [2.75, 3.05) is 0 Å². The van der Waals surface area contributed by atoms with Crippen molar-refractivity contribution in [2.45, 2.75) is 0 Å². The lowest BCUT2D eigenvalue weighted by Gasteiger charge is -1.99. The minimum absolute atomic E-state index is 0.245. The fraction of sp³-hybridized carbons (Fsp3) is 0. The minimum Gasteiger partial charge on any atom is -0.502 e. The second kappa shape index (κ2) is 3.10. The van der Waals surface area contributed by atoms with E-state index in [1.54, 1.807) is 0 Å². The molecule has 0 radical (unpaired) electrons. The number of nitro benzene ring substituents is 1. The van der Waals surface area contributed by atoms with Crippen molar-refractivity contribution in [1.82, 2.24) is 0 Å². The van der Waals surface area contributed by atoms with Crippen LogP contribution >= 0.6 is 0 Å². The minimum atomic E-state index is -0.709. The van der Waals surface area contributed by atoms with Crippen LogP contribution in [-0.4, -0.2) is 15.9 Å². The average Bonchev–Trinajstić information content (AvgIpc) is 2.03. The largest absolute Gasteiger partial charge is 0.502 e. The predicted octanol–water partition coefficient (Wildman–Crippen LogP) is 0.584. The normalized spacial score (nSPS) is 9.54. The van der Waals surface area contributed by atoms with Gasteiger partial charge in [0.25, 0.3) is 0 Å². The molecule has 0 saturated heterocycles. The van der Waals surface area contributed by atoms with Crippen LogP contribution in [0.15, 0.2) is 18.2 Å². The topological polar surface area (TPSA) is 113 Å². The van der Waals surface area contributed by atoms with Gasteiger partial charge in [-0.1, -0.05) is 0 Å². The zero-order valence-electron chi connectivity index (χ0n) is 6.52. The number of hydrogen-bond donors (Lipinski definition) is 3. The molecular formula is C7H7N3O3. The molecule has 0 aliphatic heterocycles. The number of rotatable bonds is 2. The molecule has 0 unspecified atom stereocenters. The van der Waals surface area contributed by atoms with E-state index in [0.29, 0.717) is 0 Å². The van der Waals surface area contributed by atoms with E-state index >= 15 is 0 Å². The fourth-order valence-electron chi connectivity index (χ4n) is 0.845. The Labute approximate surface area is 73.3 Å². The van der Waals surface area contributed by atoms with Crippen molar-refractivity contribution in [2.24, 2.45) is 5.73 Å². The molecule has 13 heavy (non-hydrogen) atoms. The van der Waals surface area contributed by atoms with E-state index in [2.05, 4.69) is 0 Å². The van der Waals surface area contributed by atoms with Crippen LogP contribution in [0.25, 0.3) is 0 Å². The second-order valence-corrected chi connectivity index (χ2v) is 2.37. The van der Waals surface area contributed by atoms with Gasteiger partial charge in [0.15, 0.2) is 5.75 Å². The molecule has 0 aromatic heterocycles. The summed E-state index contributed by atoms with van der Waals surface area (Å²) in [5, 5.41) is 26.4. The van der Waals surface area contributed by atoms with Crippen LogP contribution in [0.1, 0.15) is 5.56 Å². The number of nitrogens with two attached hydrogens (primary N) is 1. The van der Waals surface area contributed by atoms with Crippen LogP contribution in [0.3, 0.4) is 0 Å². The van der Waals surface area contributed by atoms with E-state index in [1.807, 2.05) is 0 Å². The van der Waals surface area contributed by atoms with Crippen molar-refractivity contribution in [3.05, 3.63) is 33.9 Å². The molecule has 1 aromatic rings. The zero-order valence-corrected chi connectivity index (χ0v) is 6.52. The summed E-state index contributed by atoms with van der Waals surface area (Å²) in [5.74, 6) is -0.733. The van der Waals surface area contributed by atoms with Crippen molar-refractivity contribution in [1.29, 1.82) is 5.41 Å². The zero-order chi connectivity index (χ0) is 10.0. The molecule has 6 nitrogen and oxygen atoms in total. The van der Waals surface area contributed by atoms with Gasteiger partial charge in [0.2, 0.25) is 0 Å². The molecule has 0 heterocycles. The highest BCUT2D eigenvalue weighted by Crippen LogP contribution is 2.25. The monoisotopic (exact) mass is 181 g/mol. The van der Waals surface area contributed by atoms with Gasteiger partial charge in [0.1, 0.15) is 5.84 Å². The Morgan fingerprint density at radius 1 is 1.62 bits per heavy atom. The van der Waals surface area contributed by atoms with E-state index in [-0.39, 0.29) is 11.4 Å². The van der Waals surface area contributed by atoms with E-state index in [1.165, 1.54) is 6.07 Å². The van der Waals surface area contributed by atoms with Gasteiger partial charge in [0, 0.05) is 11.6 Å². The van der Waals surface area contributed by atoms with Gasteiger partial charge in [-0.15, -0.1) is 0 Å². The van der Waals surface area contributed by atoms with Gasteiger partial charge >= 0.3 is 5.69 Å². The highest BCUT2D eigenvalue weighted by Gasteiger charge is 2.13. The van der Waals surface area contributed by atoms with Gasteiger partial charge in [-0.05, 0) is 12.1 Å². The third kappa shape index (κ3) is 1.73. The number of nitrogens with zero attached hydrogens (tertiary/aromatic N) is 1. The maximum atomic E-state index is 10.3. The summed E-state index contributed by atoms with van der Waals surface area (Å²) in [5.41, 5.74) is 4.97. The Bertz CT molecular complexity index is 375. The number of benzene rings is 1. The quantitative estimate of drug-likeness (QED) is 0.268. The summed E-state index contributed by atoms with van der Waals surface area (Å²) in [6.45, 7) is 0. The van der Waals surface area contributed by atoms with Gasteiger partial charge in [-0.2, -0.15) is 0 Å². The van der Waals surface area contributed by atoms with Gasteiger partial charge in [0.05, 0.1) is 4.92 Å². The van der Waals surface area contributed by atoms with Crippen LogP contribution in [0.4, 0.5) is 5.69 Å². The summed E-state index contributed by atoms with van der Waals surface area (Å²) in [6, 6.07) is 3.49. The molecule has 0 spiro atoms.